The van der Waals surface area contributed by atoms with Gasteiger partial charge in [0.05, 0.1) is 23.6 Å². The van der Waals surface area contributed by atoms with Crippen LogP contribution in [-0.4, -0.2) is 59.0 Å². The number of hydrogen-bond donors (Lipinski definition) is 5. The smallest absolute Gasteiger partial charge is 0.143 e. The first-order valence-corrected chi connectivity index (χ1v) is 11.3. The third-order valence-corrected chi connectivity index (χ3v) is 9.37. The molecule has 0 aromatic carbocycles. The monoisotopic (exact) mass is 388 g/mol. The fraction of sp³-hybridized carbons (Fsp3) is 1.00. The molecule has 0 radical (unpaired) electrons. The highest BCUT2D eigenvalue weighted by Gasteiger charge is 2.61. The molecule has 0 spiro atoms. The van der Waals surface area contributed by atoms with Crippen LogP contribution in [0.4, 0.5) is 0 Å². The molecule has 0 saturated heterocycles. The highest BCUT2D eigenvalue weighted by Crippen LogP contribution is 2.65. The number of aliphatic hydroxyl groups excluding tert-OH is 4. The summed E-state index contributed by atoms with van der Waals surface area (Å²) in [6.07, 6.45) is 5.57. The van der Waals surface area contributed by atoms with Crippen molar-refractivity contribution in [2.75, 3.05) is 6.61 Å². The zero-order valence-electron chi connectivity index (χ0n) is 15.2. The molecule has 0 heterocycles. The molecule has 4 fully saturated rings. The van der Waals surface area contributed by atoms with Crippen LogP contribution in [0.3, 0.4) is 0 Å². The molecular formula is C19H32O6S. The Kier molecular flexibility index (Phi) is 4.92. The molecular weight excluding hydrogens is 356 g/mol. The predicted octanol–water partition coefficient (Wildman–Crippen LogP) is 0.428. The van der Waals surface area contributed by atoms with E-state index in [9.17, 15) is 28.8 Å². The average Bonchev–Trinajstić information content (AvgIpc) is 2.45. The van der Waals surface area contributed by atoms with Gasteiger partial charge in [0.15, 0.2) is 0 Å². The Morgan fingerprint density at radius 1 is 0.846 bits per heavy atom. The largest absolute Gasteiger partial charge is 0.396 e. The van der Waals surface area contributed by atoms with E-state index in [4.69, 9.17) is 0 Å². The van der Waals surface area contributed by atoms with Crippen LogP contribution in [-0.2, 0) is 10.7 Å². The van der Waals surface area contributed by atoms with Crippen LogP contribution < -0.4 is 0 Å². The lowest BCUT2D eigenvalue weighted by molar-refractivity contribution is -0.170. The molecule has 150 valence electrons. The second kappa shape index (κ2) is 6.69. The summed E-state index contributed by atoms with van der Waals surface area (Å²) >= 11 is 0. The van der Waals surface area contributed by atoms with Gasteiger partial charge in [0.1, 0.15) is 10.7 Å². The van der Waals surface area contributed by atoms with E-state index in [0.29, 0.717) is 31.6 Å². The van der Waals surface area contributed by atoms with Gasteiger partial charge < -0.3 is 20.4 Å². The average molecular weight is 389 g/mol. The van der Waals surface area contributed by atoms with Crippen molar-refractivity contribution >= 4 is 10.7 Å². The summed E-state index contributed by atoms with van der Waals surface area (Å²) in [4.78, 5) is 0. The molecule has 4 saturated carbocycles. The quantitative estimate of drug-likeness (QED) is 0.404. The Bertz CT molecular complexity index is 587. The molecule has 0 amide bonds. The summed E-state index contributed by atoms with van der Waals surface area (Å²) in [5, 5.41) is 39.4. The van der Waals surface area contributed by atoms with Gasteiger partial charge in [0.25, 0.3) is 0 Å². The molecule has 4 N–H and O–H groups in total. The Morgan fingerprint density at radius 3 is 1.81 bits per heavy atom. The zero-order chi connectivity index (χ0) is 18.7. The zero-order valence-corrected chi connectivity index (χ0v) is 16.1. The number of rotatable bonds is 7. The van der Waals surface area contributed by atoms with Gasteiger partial charge >= 0.3 is 0 Å². The van der Waals surface area contributed by atoms with E-state index in [0.717, 1.165) is 32.1 Å². The van der Waals surface area contributed by atoms with Crippen LogP contribution in [0.5, 0.6) is 0 Å². The van der Waals surface area contributed by atoms with E-state index >= 15 is 0 Å². The van der Waals surface area contributed by atoms with Crippen molar-refractivity contribution in [1.29, 1.82) is 0 Å². The van der Waals surface area contributed by atoms with Crippen molar-refractivity contribution < 1.29 is 28.8 Å². The molecule has 1 unspecified atom stereocenters. The summed E-state index contributed by atoms with van der Waals surface area (Å²) in [6, 6.07) is 0. The maximum atomic E-state index is 11.4. The van der Waals surface area contributed by atoms with Gasteiger partial charge in [-0.2, -0.15) is 0 Å². The van der Waals surface area contributed by atoms with E-state index in [2.05, 4.69) is 0 Å². The maximum absolute atomic E-state index is 11.4. The molecule has 1 atom stereocenters. The fourth-order valence-electron chi connectivity index (χ4n) is 6.60. The second-order valence-electron chi connectivity index (χ2n) is 9.73. The van der Waals surface area contributed by atoms with Gasteiger partial charge in [-0.15, -0.1) is 0 Å². The van der Waals surface area contributed by atoms with Crippen LogP contribution in [0.15, 0.2) is 0 Å². The van der Waals surface area contributed by atoms with Crippen molar-refractivity contribution in [3.8, 4) is 0 Å². The number of thiol groups is 1. The normalized spacial score (nSPS) is 51.7. The third kappa shape index (κ3) is 2.94. The lowest BCUT2D eigenvalue weighted by Crippen LogP contribution is -2.60. The second-order valence-corrected chi connectivity index (χ2v) is 11.0. The van der Waals surface area contributed by atoms with Gasteiger partial charge in [-0.25, -0.2) is 8.42 Å². The number of hydrogen-bond acceptors (Lipinski definition) is 6. The van der Waals surface area contributed by atoms with Crippen molar-refractivity contribution in [2.45, 2.75) is 81.3 Å². The van der Waals surface area contributed by atoms with Crippen molar-refractivity contribution in [3.05, 3.63) is 0 Å². The molecule has 0 aromatic heterocycles. The molecule has 6 nitrogen and oxygen atoms in total. The summed E-state index contributed by atoms with van der Waals surface area (Å²) in [5.74, 6) is 0.692. The first-order chi connectivity index (χ1) is 12.3. The van der Waals surface area contributed by atoms with Crippen molar-refractivity contribution in [1.82, 2.24) is 0 Å². The first-order valence-electron chi connectivity index (χ1n) is 10.1. The molecule has 0 aromatic rings. The Hall–Kier alpha value is -0.210. The van der Waals surface area contributed by atoms with E-state index in [1.807, 2.05) is 0 Å². The molecule has 4 aliphatic carbocycles. The summed E-state index contributed by atoms with van der Waals surface area (Å²) in [7, 11) is -2.44. The Labute approximate surface area is 156 Å². The minimum atomic E-state index is -2.44. The molecule has 26 heavy (non-hydrogen) atoms. The highest BCUT2D eigenvalue weighted by atomic mass is 32.2. The van der Waals surface area contributed by atoms with Gasteiger partial charge in [-0.1, -0.05) is 0 Å². The lowest BCUT2D eigenvalue weighted by Gasteiger charge is -2.63. The van der Waals surface area contributed by atoms with Crippen molar-refractivity contribution in [2.24, 2.45) is 28.6 Å². The Balaban J connectivity index is 1.52. The fourth-order valence-corrected chi connectivity index (χ4v) is 7.58. The van der Waals surface area contributed by atoms with E-state index in [-0.39, 0.29) is 52.8 Å². The highest BCUT2D eigenvalue weighted by molar-refractivity contribution is 7.73. The third-order valence-electron chi connectivity index (χ3n) is 8.41. The van der Waals surface area contributed by atoms with Crippen molar-refractivity contribution in [3.63, 3.8) is 0 Å². The van der Waals surface area contributed by atoms with E-state index in [1.165, 1.54) is 0 Å². The lowest BCUT2D eigenvalue weighted by atomic mass is 9.44. The summed E-state index contributed by atoms with van der Waals surface area (Å²) in [6.45, 7) is 0.0298. The van der Waals surface area contributed by atoms with Gasteiger partial charge in [-0.3, -0.25) is 0 Å². The maximum Gasteiger partial charge on any atom is 0.143 e. The van der Waals surface area contributed by atoms with Gasteiger partial charge in [0.2, 0.25) is 0 Å². The number of aliphatic hydroxyl groups is 4. The SMILES string of the molecule is O=[SH](=O)C1CC(C2CC(O)C2)(C(CO)CC2(C3CC(O)C3)CC(O)C2)C1. The summed E-state index contributed by atoms with van der Waals surface area (Å²) < 4.78 is 22.9. The van der Waals surface area contributed by atoms with Gasteiger partial charge in [0, 0.05) is 6.61 Å². The molecule has 0 bridgehead atoms. The first kappa shape index (κ1) is 19.1. The van der Waals surface area contributed by atoms with E-state index in [1.54, 1.807) is 0 Å². The molecule has 4 aliphatic rings. The predicted molar refractivity (Wildman–Crippen MR) is 96.1 cm³/mol. The van der Waals surface area contributed by atoms with Gasteiger partial charge in [-0.05, 0) is 86.4 Å². The summed E-state index contributed by atoms with van der Waals surface area (Å²) in [5.41, 5.74) is -0.212. The molecule has 7 heteroatoms. The van der Waals surface area contributed by atoms with Crippen LogP contribution in [0.1, 0.15) is 57.8 Å². The van der Waals surface area contributed by atoms with Crippen LogP contribution >= 0.6 is 0 Å². The van der Waals surface area contributed by atoms with Crippen LogP contribution in [0, 0.1) is 28.6 Å². The van der Waals surface area contributed by atoms with Crippen LogP contribution in [0.2, 0.25) is 0 Å². The van der Waals surface area contributed by atoms with Crippen LogP contribution in [0.25, 0.3) is 0 Å². The minimum Gasteiger partial charge on any atom is -0.396 e. The Morgan fingerprint density at radius 2 is 1.38 bits per heavy atom. The minimum absolute atomic E-state index is 0.0106. The molecule has 4 rings (SSSR count). The van der Waals surface area contributed by atoms with E-state index < -0.39 is 10.7 Å². The molecule has 0 aliphatic heterocycles. The topological polar surface area (TPSA) is 115 Å². The standard InChI is InChI=1S/C19H32O6S/c20-10-13(5-18(6-16(23)7-18)11-1-14(21)2-11)19(12-3-15(22)4-12)8-17(9-19)26(24)25/h11-17,20-23,26H,1-10H2.